The number of aromatic nitrogens is 3. The summed E-state index contributed by atoms with van der Waals surface area (Å²) in [4.78, 5) is 4.44. The first kappa shape index (κ1) is 10.6. The van der Waals surface area contributed by atoms with E-state index in [2.05, 4.69) is 31.8 Å². The molecule has 0 aliphatic carbocycles. The van der Waals surface area contributed by atoms with Gasteiger partial charge in [-0.15, -0.1) is 0 Å². The molecule has 0 amide bonds. The molecule has 1 N–H and O–H groups in total. The van der Waals surface area contributed by atoms with Crippen LogP contribution in [0, 0.1) is 6.92 Å². The number of hydrogen-bond acceptors (Lipinski definition) is 4. The number of rotatable bonds is 2. The van der Waals surface area contributed by atoms with E-state index < -0.39 is 0 Å². The van der Waals surface area contributed by atoms with Gasteiger partial charge in [0.2, 0.25) is 0 Å². The first-order valence-corrected chi connectivity index (χ1v) is 7.21. The van der Waals surface area contributed by atoms with Crippen LogP contribution >= 0.6 is 11.8 Å². The van der Waals surface area contributed by atoms with E-state index in [1.165, 1.54) is 24.3 Å². The number of nitrogens with one attached hydrogen (secondary N) is 1. The highest BCUT2D eigenvalue weighted by Crippen LogP contribution is 2.20. The zero-order valence-corrected chi connectivity index (χ0v) is 10.5. The second kappa shape index (κ2) is 4.37. The molecular weight excluding hydrogens is 220 g/mol. The Balaban J connectivity index is 1.63. The Labute approximate surface area is 100 Å². The Morgan fingerprint density at radius 2 is 2.31 bits per heavy atom. The Morgan fingerprint density at radius 1 is 1.38 bits per heavy atom. The molecule has 0 radical (unpaired) electrons. The molecule has 0 aromatic carbocycles. The summed E-state index contributed by atoms with van der Waals surface area (Å²) in [5, 5.41) is 8.19. The Bertz CT molecular complexity index is 370. The van der Waals surface area contributed by atoms with Gasteiger partial charge < -0.3 is 5.32 Å². The highest BCUT2D eigenvalue weighted by atomic mass is 32.2. The highest BCUT2D eigenvalue weighted by molar-refractivity contribution is 7.99. The van der Waals surface area contributed by atoms with Gasteiger partial charge in [-0.1, -0.05) is 0 Å². The minimum atomic E-state index is 0.595. The third kappa shape index (κ3) is 2.11. The van der Waals surface area contributed by atoms with Crippen LogP contribution in [0.2, 0.25) is 0 Å². The van der Waals surface area contributed by atoms with Crippen molar-refractivity contribution in [1.29, 1.82) is 0 Å². The molecule has 3 heterocycles. The first-order chi connectivity index (χ1) is 7.81. The lowest BCUT2D eigenvalue weighted by atomic mass is 10.1. The SMILES string of the molecule is Cc1nc2n(n1)CC(NC1CCSC1)CC2. The number of fused-ring (bicyclic) bond motifs is 1. The van der Waals surface area contributed by atoms with E-state index in [0.29, 0.717) is 6.04 Å². The molecule has 1 fully saturated rings. The van der Waals surface area contributed by atoms with Crippen molar-refractivity contribution in [2.75, 3.05) is 11.5 Å². The molecule has 88 valence electrons. The Morgan fingerprint density at radius 3 is 3.12 bits per heavy atom. The van der Waals surface area contributed by atoms with E-state index in [0.717, 1.165) is 30.7 Å². The van der Waals surface area contributed by atoms with E-state index >= 15 is 0 Å². The van der Waals surface area contributed by atoms with Gasteiger partial charge in [0.1, 0.15) is 11.6 Å². The predicted octanol–water partition coefficient (Wildman–Crippen LogP) is 0.996. The zero-order valence-electron chi connectivity index (χ0n) is 9.65. The summed E-state index contributed by atoms with van der Waals surface area (Å²) >= 11 is 2.06. The van der Waals surface area contributed by atoms with Crippen LogP contribution in [0.15, 0.2) is 0 Å². The van der Waals surface area contributed by atoms with Crippen molar-refractivity contribution in [2.24, 2.45) is 0 Å². The van der Waals surface area contributed by atoms with E-state index in [-0.39, 0.29) is 0 Å². The van der Waals surface area contributed by atoms with Crippen LogP contribution in [0.5, 0.6) is 0 Å². The molecular formula is C11H18N4S. The maximum absolute atomic E-state index is 4.44. The summed E-state index contributed by atoms with van der Waals surface area (Å²) in [6.07, 6.45) is 3.60. The van der Waals surface area contributed by atoms with Crippen molar-refractivity contribution in [2.45, 2.75) is 44.8 Å². The van der Waals surface area contributed by atoms with Crippen LogP contribution in [0.25, 0.3) is 0 Å². The largest absolute Gasteiger partial charge is 0.309 e. The minimum Gasteiger partial charge on any atom is -0.309 e. The molecule has 3 rings (SSSR count). The fraction of sp³-hybridized carbons (Fsp3) is 0.818. The molecule has 0 spiro atoms. The van der Waals surface area contributed by atoms with E-state index in [1.807, 2.05) is 6.92 Å². The van der Waals surface area contributed by atoms with Crippen LogP contribution in [0.1, 0.15) is 24.5 Å². The molecule has 2 aliphatic rings. The van der Waals surface area contributed by atoms with Gasteiger partial charge in [0.05, 0.1) is 6.54 Å². The lowest BCUT2D eigenvalue weighted by Crippen LogP contribution is -2.43. The zero-order chi connectivity index (χ0) is 11.0. The summed E-state index contributed by atoms with van der Waals surface area (Å²) in [6, 6.07) is 1.32. The maximum atomic E-state index is 4.44. The molecule has 0 bridgehead atoms. The quantitative estimate of drug-likeness (QED) is 0.834. The van der Waals surface area contributed by atoms with E-state index in [9.17, 15) is 0 Å². The summed E-state index contributed by atoms with van der Waals surface area (Å²) in [5.74, 6) is 4.67. The second-order valence-corrected chi connectivity index (χ2v) is 5.87. The van der Waals surface area contributed by atoms with Gasteiger partial charge in [-0.2, -0.15) is 16.9 Å². The highest BCUT2D eigenvalue weighted by Gasteiger charge is 2.24. The number of aryl methyl sites for hydroxylation is 2. The standard InChI is InChI=1S/C11H18N4S/c1-8-12-11-3-2-9(6-15(11)14-8)13-10-4-5-16-7-10/h9-10,13H,2-7H2,1H3. The van der Waals surface area contributed by atoms with Crippen molar-refractivity contribution < 1.29 is 0 Å². The molecule has 2 aliphatic heterocycles. The molecule has 0 saturated carbocycles. The lowest BCUT2D eigenvalue weighted by Gasteiger charge is -2.26. The summed E-state index contributed by atoms with van der Waals surface area (Å²) in [5.41, 5.74) is 0. The smallest absolute Gasteiger partial charge is 0.147 e. The maximum Gasteiger partial charge on any atom is 0.147 e. The second-order valence-electron chi connectivity index (χ2n) is 4.72. The number of thioether (sulfide) groups is 1. The summed E-state index contributed by atoms with van der Waals surface area (Å²) in [7, 11) is 0. The minimum absolute atomic E-state index is 0.595. The van der Waals surface area contributed by atoms with Crippen molar-refractivity contribution in [3.8, 4) is 0 Å². The van der Waals surface area contributed by atoms with Gasteiger partial charge in [0.15, 0.2) is 0 Å². The third-order valence-corrected chi connectivity index (χ3v) is 4.53. The van der Waals surface area contributed by atoms with Gasteiger partial charge in [-0.3, -0.25) is 0 Å². The van der Waals surface area contributed by atoms with Crippen LogP contribution in [0.3, 0.4) is 0 Å². The molecule has 2 unspecified atom stereocenters. The monoisotopic (exact) mass is 238 g/mol. The van der Waals surface area contributed by atoms with Crippen molar-refractivity contribution in [3.05, 3.63) is 11.6 Å². The predicted molar refractivity (Wildman–Crippen MR) is 65.7 cm³/mol. The van der Waals surface area contributed by atoms with Crippen molar-refractivity contribution >= 4 is 11.8 Å². The van der Waals surface area contributed by atoms with Crippen LogP contribution in [-0.4, -0.2) is 38.4 Å². The topological polar surface area (TPSA) is 42.7 Å². The van der Waals surface area contributed by atoms with Crippen LogP contribution in [0.4, 0.5) is 0 Å². The molecule has 1 aromatic heterocycles. The van der Waals surface area contributed by atoms with Crippen LogP contribution < -0.4 is 5.32 Å². The number of hydrogen-bond donors (Lipinski definition) is 1. The molecule has 1 saturated heterocycles. The lowest BCUT2D eigenvalue weighted by molar-refractivity contribution is 0.334. The van der Waals surface area contributed by atoms with Gasteiger partial charge >= 0.3 is 0 Å². The molecule has 4 nitrogen and oxygen atoms in total. The van der Waals surface area contributed by atoms with Gasteiger partial charge in [0, 0.05) is 24.3 Å². The fourth-order valence-corrected chi connectivity index (χ4v) is 3.73. The Hall–Kier alpha value is -0.550. The van der Waals surface area contributed by atoms with Crippen molar-refractivity contribution in [1.82, 2.24) is 20.1 Å². The third-order valence-electron chi connectivity index (χ3n) is 3.37. The summed E-state index contributed by atoms with van der Waals surface area (Å²) < 4.78 is 2.08. The van der Waals surface area contributed by atoms with E-state index in [1.54, 1.807) is 0 Å². The Kier molecular flexibility index (Phi) is 2.90. The molecule has 2 atom stereocenters. The summed E-state index contributed by atoms with van der Waals surface area (Å²) in [6.45, 7) is 2.97. The first-order valence-electron chi connectivity index (χ1n) is 6.05. The average Bonchev–Trinajstić information content (AvgIpc) is 2.85. The average molecular weight is 238 g/mol. The normalized spacial score (nSPS) is 29.3. The molecule has 16 heavy (non-hydrogen) atoms. The van der Waals surface area contributed by atoms with E-state index in [4.69, 9.17) is 0 Å². The number of nitrogens with zero attached hydrogens (tertiary/aromatic N) is 3. The van der Waals surface area contributed by atoms with Crippen molar-refractivity contribution in [3.63, 3.8) is 0 Å². The molecule has 5 heteroatoms. The molecule has 1 aromatic rings. The van der Waals surface area contributed by atoms with Crippen LogP contribution in [-0.2, 0) is 13.0 Å². The fourth-order valence-electron chi connectivity index (χ4n) is 2.57. The van der Waals surface area contributed by atoms with Gasteiger partial charge in [0.25, 0.3) is 0 Å². The van der Waals surface area contributed by atoms with Gasteiger partial charge in [-0.25, -0.2) is 9.67 Å². The van der Waals surface area contributed by atoms with Gasteiger partial charge in [-0.05, 0) is 25.5 Å².